The summed E-state index contributed by atoms with van der Waals surface area (Å²) in [4.78, 5) is 12.6. The highest BCUT2D eigenvalue weighted by molar-refractivity contribution is 7.83. The lowest BCUT2D eigenvalue weighted by atomic mass is 10.1. The summed E-state index contributed by atoms with van der Waals surface area (Å²) >= 11 is 0. The molecule has 2 aromatic heterocycles. The number of carbonyl (C=O) groups is 1. The second-order valence-corrected chi connectivity index (χ2v) is 7.38. The van der Waals surface area contributed by atoms with E-state index in [-0.39, 0.29) is 17.4 Å². The van der Waals surface area contributed by atoms with Gasteiger partial charge in [0.15, 0.2) is 11.6 Å². The first-order valence-corrected chi connectivity index (χ1v) is 9.35. The van der Waals surface area contributed by atoms with Crippen molar-refractivity contribution in [3.8, 4) is 0 Å². The van der Waals surface area contributed by atoms with E-state index in [0.717, 1.165) is 11.1 Å². The number of furan rings is 1. The number of nitrogens with one attached hydrogen (secondary N) is 2. The van der Waals surface area contributed by atoms with Gasteiger partial charge in [-0.05, 0) is 12.0 Å². The highest BCUT2D eigenvalue weighted by Crippen LogP contribution is 2.27. The quantitative estimate of drug-likeness (QED) is 0.742. The fourth-order valence-corrected chi connectivity index (χ4v) is 3.19. The molecular formula is C17H19N3O3S. The third-order valence-corrected chi connectivity index (χ3v) is 4.41. The number of hydrogen-bond acceptors (Lipinski definition) is 4. The van der Waals surface area contributed by atoms with Crippen molar-refractivity contribution in [2.24, 2.45) is 0 Å². The van der Waals surface area contributed by atoms with Crippen LogP contribution in [0.5, 0.6) is 0 Å². The third kappa shape index (κ3) is 3.26. The molecule has 1 unspecified atom stereocenters. The Bertz CT molecular complexity index is 911. The molecule has 0 saturated heterocycles. The summed E-state index contributed by atoms with van der Waals surface area (Å²) in [6.07, 6.45) is 1.60. The Morgan fingerprint density at radius 3 is 2.79 bits per heavy atom. The lowest BCUT2D eigenvalue weighted by Crippen LogP contribution is -2.13. The molecule has 0 aliphatic rings. The smallest absolute Gasteiger partial charge is 0.292 e. The van der Waals surface area contributed by atoms with Gasteiger partial charge in [0.1, 0.15) is 5.58 Å². The molecule has 0 aliphatic carbocycles. The first kappa shape index (κ1) is 16.4. The average Bonchev–Trinajstić information content (AvgIpc) is 3.12. The SMILES string of the molecule is CC(C)c1cc(NC(=O)c2oc3ccccc3c2CS(C)=O)n[nH]1. The van der Waals surface area contributed by atoms with E-state index in [9.17, 15) is 9.00 Å². The van der Waals surface area contributed by atoms with E-state index in [0.29, 0.717) is 17.0 Å². The van der Waals surface area contributed by atoms with Crippen LogP contribution in [0.3, 0.4) is 0 Å². The number of H-pyrrole nitrogens is 1. The number of nitrogens with zero attached hydrogens (tertiary/aromatic N) is 1. The van der Waals surface area contributed by atoms with Crippen LogP contribution in [0.25, 0.3) is 11.0 Å². The van der Waals surface area contributed by atoms with Crippen molar-refractivity contribution in [1.82, 2.24) is 10.2 Å². The normalized spacial score (nSPS) is 12.7. The van der Waals surface area contributed by atoms with Crippen molar-refractivity contribution in [2.45, 2.75) is 25.5 Å². The molecule has 1 atom stereocenters. The predicted molar refractivity (Wildman–Crippen MR) is 94.6 cm³/mol. The zero-order valence-corrected chi connectivity index (χ0v) is 14.6. The number of aromatic amines is 1. The third-order valence-electron chi connectivity index (χ3n) is 3.71. The maximum absolute atomic E-state index is 12.6. The fraction of sp³-hybridized carbons (Fsp3) is 0.294. The number of carbonyl (C=O) groups excluding carboxylic acids is 1. The zero-order valence-electron chi connectivity index (χ0n) is 13.8. The summed E-state index contributed by atoms with van der Waals surface area (Å²) in [5.41, 5.74) is 2.20. The van der Waals surface area contributed by atoms with E-state index in [4.69, 9.17) is 4.42 Å². The van der Waals surface area contributed by atoms with E-state index in [1.165, 1.54) is 0 Å². The Hall–Kier alpha value is -2.41. The molecule has 0 aliphatic heterocycles. The molecule has 1 amide bonds. The van der Waals surface area contributed by atoms with E-state index < -0.39 is 16.7 Å². The van der Waals surface area contributed by atoms with Gasteiger partial charge in [-0.25, -0.2) is 0 Å². The van der Waals surface area contributed by atoms with Gasteiger partial charge in [-0.15, -0.1) is 0 Å². The molecule has 24 heavy (non-hydrogen) atoms. The van der Waals surface area contributed by atoms with Gasteiger partial charge >= 0.3 is 0 Å². The van der Waals surface area contributed by atoms with Gasteiger partial charge in [-0.1, -0.05) is 32.0 Å². The Morgan fingerprint density at radius 1 is 1.38 bits per heavy atom. The number of hydrogen-bond donors (Lipinski definition) is 2. The molecule has 1 aromatic carbocycles. The highest BCUT2D eigenvalue weighted by atomic mass is 32.2. The summed E-state index contributed by atoms with van der Waals surface area (Å²) in [5.74, 6) is 0.770. The number of fused-ring (bicyclic) bond motifs is 1. The Labute approximate surface area is 142 Å². The van der Waals surface area contributed by atoms with E-state index in [1.807, 2.05) is 32.0 Å². The topological polar surface area (TPSA) is 88.0 Å². The summed E-state index contributed by atoms with van der Waals surface area (Å²) in [5, 5.41) is 10.5. The minimum Gasteiger partial charge on any atom is -0.451 e. The second kappa shape index (κ2) is 6.60. The van der Waals surface area contributed by atoms with E-state index >= 15 is 0 Å². The monoisotopic (exact) mass is 345 g/mol. The van der Waals surface area contributed by atoms with Gasteiger partial charge in [0.05, 0.1) is 5.75 Å². The molecule has 126 valence electrons. The van der Waals surface area contributed by atoms with Crippen molar-refractivity contribution in [1.29, 1.82) is 0 Å². The molecule has 0 bridgehead atoms. The lowest BCUT2D eigenvalue weighted by molar-refractivity contribution is 0.0997. The molecule has 2 heterocycles. The van der Waals surface area contributed by atoms with Crippen LogP contribution in [0.1, 0.15) is 41.6 Å². The Balaban J connectivity index is 1.94. The maximum Gasteiger partial charge on any atom is 0.292 e. The van der Waals surface area contributed by atoms with Crippen LogP contribution in [0.15, 0.2) is 34.7 Å². The van der Waals surface area contributed by atoms with Crippen LogP contribution >= 0.6 is 0 Å². The molecule has 6 nitrogen and oxygen atoms in total. The van der Waals surface area contributed by atoms with Crippen LogP contribution in [0, 0.1) is 0 Å². The second-order valence-electron chi connectivity index (χ2n) is 5.94. The molecule has 0 saturated carbocycles. The van der Waals surface area contributed by atoms with Crippen LogP contribution in [-0.4, -0.2) is 26.6 Å². The largest absolute Gasteiger partial charge is 0.451 e. The lowest BCUT2D eigenvalue weighted by Gasteiger charge is -2.02. The molecule has 7 heteroatoms. The van der Waals surface area contributed by atoms with Crippen molar-refractivity contribution in [3.05, 3.63) is 47.3 Å². The first-order valence-electron chi connectivity index (χ1n) is 7.62. The number of rotatable bonds is 5. The van der Waals surface area contributed by atoms with Gasteiger partial charge < -0.3 is 9.73 Å². The van der Waals surface area contributed by atoms with Crippen molar-refractivity contribution in [3.63, 3.8) is 0 Å². The number of para-hydroxylation sites is 1. The summed E-state index contributed by atoms with van der Waals surface area (Å²) in [7, 11) is -1.09. The molecule has 0 fully saturated rings. The number of benzene rings is 1. The van der Waals surface area contributed by atoms with E-state index in [1.54, 1.807) is 18.4 Å². The molecule has 3 rings (SSSR count). The average molecular weight is 345 g/mol. The van der Waals surface area contributed by atoms with Crippen LogP contribution in [0.2, 0.25) is 0 Å². The minimum absolute atomic E-state index is 0.181. The summed E-state index contributed by atoms with van der Waals surface area (Å²) < 4.78 is 17.4. The van der Waals surface area contributed by atoms with Gasteiger partial charge in [0.2, 0.25) is 0 Å². The van der Waals surface area contributed by atoms with Crippen LogP contribution < -0.4 is 5.32 Å². The molecular weight excluding hydrogens is 326 g/mol. The van der Waals surface area contributed by atoms with Crippen LogP contribution in [-0.2, 0) is 16.6 Å². The Kier molecular flexibility index (Phi) is 4.53. The van der Waals surface area contributed by atoms with Crippen molar-refractivity contribution in [2.75, 3.05) is 11.6 Å². The maximum atomic E-state index is 12.6. The molecule has 2 N–H and O–H groups in total. The molecule has 0 radical (unpaired) electrons. The zero-order chi connectivity index (χ0) is 17.3. The number of anilines is 1. The number of aromatic nitrogens is 2. The predicted octanol–water partition coefficient (Wildman–Crippen LogP) is 3.41. The van der Waals surface area contributed by atoms with Gasteiger partial charge in [-0.2, -0.15) is 5.10 Å². The van der Waals surface area contributed by atoms with Gasteiger partial charge in [0, 0.05) is 39.8 Å². The van der Waals surface area contributed by atoms with Gasteiger partial charge in [0.25, 0.3) is 5.91 Å². The summed E-state index contributed by atoms with van der Waals surface area (Å²) in [6, 6.07) is 9.15. The van der Waals surface area contributed by atoms with E-state index in [2.05, 4.69) is 15.5 Å². The van der Waals surface area contributed by atoms with Gasteiger partial charge in [-0.3, -0.25) is 14.1 Å². The molecule has 0 spiro atoms. The highest BCUT2D eigenvalue weighted by Gasteiger charge is 2.22. The van der Waals surface area contributed by atoms with Crippen molar-refractivity contribution >= 4 is 33.5 Å². The molecule has 3 aromatic rings. The Morgan fingerprint density at radius 2 is 2.12 bits per heavy atom. The number of amides is 1. The van der Waals surface area contributed by atoms with Crippen molar-refractivity contribution < 1.29 is 13.4 Å². The first-order chi connectivity index (χ1) is 11.5. The summed E-state index contributed by atoms with van der Waals surface area (Å²) in [6.45, 7) is 4.07. The standard InChI is InChI=1S/C17H19N3O3S/c1-10(2)13-8-15(20-19-13)18-17(21)16-12(9-24(3)22)11-6-4-5-7-14(11)23-16/h4-8,10H,9H2,1-3H3,(H2,18,19,20,21). The van der Waals surface area contributed by atoms with Crippen LogP contribution in [0.4, 0.5) is 5.82 Å². The fourth-order valence-electron chi connectivity index (χ4n) is 2.50. The minimum atomic E-state index is -1.09.